The van der Waals surface area contributed by atoms with E-state index in [2.05, 4.69) is 10.6 Å². The van der Waals surface area contributed by atoms with E-state index in [1.165, 1.54) is 12.1 Å². The van der Waals surface area contributed by atoms with Gasteiger partial charge >= 0.3 is 18.1 Å². The highest BCUT2D eigenvalue weighted by Crippen LogP contribution is 2.40. The molecule has 0 fully saturated rings. The number of benzene rings is 2. The fraction of sp³-hybridized carbons (Fsp3) is 0.143. The predicted octanol–water partition coefficient (Wildman–Crippen LogP) is 5.40. The van der Waals surface area contributed by atoms with Crippen LogP contribution in [0.1, 0.15) is 11.1 Å². The van der Waals surface area contributed by atoms with Crippen molar-refractivity contribution in [3.8, 4) is 0 Å². The first-order valence-corrected chi connectivity index (χ1v) is 9.77. The molecular formula is C21H15Cl2F3N2O4. The zero-order valence-electron chi connectivity index (χ0n) is 16.0. The van der Waals surface area contributed by atoms with Crippen molar-refractivity contribution in [2.24, 2.45) is 0 Å². The van der Waals surface area contributed by atoms with Crippen molar-refractivity contribution in [2.45, 2.75) is 12.2 Å². The topological polar surface area (TPSA) is 98.7 Å². The number of halogens is 5. The van der Waals surface area contributed by atoms with Crippen molar-refractivity contribution in [3.05, 3.63) is 68.7 Å². The van der Waals surface area contributed by atoms with Gasteiger partial charge < -0.3 is 20.8 Å². The van der Waals surface area contributed by atoms with Crippen LogP contribution < -0.4 is 10.6 Å². The predicted molar refractivity (Wildman–Crippen MR) is 116 cm³/mol. The van der Waals surface area contributed by atoms with Gasteiger partial charge in [0.15, 0.2) is 6.04 Å². The molecule has 11 heteroatoms. The van der Waals surface area contributed by atoms with Crippen LogP contribution in [0.2, 0.25) is 10.0 Å². The standard InChI is InChI=1S/C11H6Cl2F3NO2.C10H9NO2/c12-5-1-4-2-6(10(18)19)9(11(14,15)16)17-8(4)7(13)3-5;12-10(13)8-5-7-3-1-2-4-9(7)11-6-8/h1-3,9,17H,(H,18,19);1-5,11H,6H2,(H,12,13). The average molecular weight is 487 g/mol. The van der Waals surface area contributed by atoms with Crippen molar-refractivity contribution >= 4 is 58.7 Å². The Morgan fingerprint density at radius 1 is 1.00 bits per heavy atom. The van der Waals surface area contributed by atoms with E-state index in [1.807, 2.05) is 24.3 Å². The lowest BCUT2D eigenvalue weighted by Gasteiger charge is -2.28. The number of hydrogen-bond acceptors (Lipinski definition) is 4. The summed E-state index contributed by atoms with van der Waals surface area (Å²) >= 11 is 11.5. The first-order valence-electron chi connectivity index (χ1n) is 9.01. The minimum Gasteiger partial charge on any atom is -0.478 e. The van der Waals surface area contributed by atoms with Crippen molar-refractivity contribution in [3.63, 3.8) is 0 Å². The molecule has 2 heterocycles. The van der Waals surface area contributed by atoms with E-state index in [1.54, 1.807) is 6.08 Å². The normalized spacial score (nSPS) is 16.6. The first kappa shape index (κ1) is 23.5. The molecule has 1 unspecified atom stereocenters. The van der Waals surface area contributed by atoms with Gasteiger partial charge in [0.2, 0.25) is 0 Å². The Morgan fingerprint density at radius 2 is 1.69 bits per heavy atom. The number of aliphatic carboxylic acids is 2. The highest BCUT2D eigenvalue weighted by Gasteiger charge is 2.46. The molecule has 0 saturated carbocycles. The lowest BCUT2D eigenvalue weighted by molar-refractivity contribution is -0.146. The molecule has 6 nitrogen and oxygen atoms in total. The molecular weight excluding hydrogens is 472 g/mol. The van der Waals surface area contributed by atoms with E-state index in [-0.39, 0.29) is 21.3 Å². The largest absolute Gasteiger partial charge is 0.478 e. The van der Waals surface area contributed by atoms with Gasteiger partial charge in [-0.2, -0.15) is 13.2 Å². The van der Waals surface area contributed by atoms with Crippen LogP contribution in [0.4, 0.5) is 24.5 Å². The number of carboxylic acid groups (broad SMARTS) is 2. The Labute approximate surface area is 190 Å². The van der Waals surface area contributed by atoms with Crippen LogP contribution in [0.15, 0.2) is 47.5 Å². The maximum absolute atomic E-state index is 12.8. The molecule has 0 bridgehead atoms. The van der Waals surface area contributed by atoms with Gasteiger partial charge in [0.25, 0.3) is 0 Å². The minimum absolute atomic E-state index is 0.00237. The van der Waals surface area contributed by atoms with Crippen molar-refractivity contribution < 1.29 is 33.0 Å². The second-order valence-electron chi connectivity index (χ2n) is 6.79. The van der Waals surface area contributed by atoms with Crippen LogP contribution in [0.25, 0.3) is 12.2 Å². The number of hydrogen-bond donors (Lipinski definition) is 4. The van der Waals surface area contributed by atoms with Crippen molar-refractivity contribution in [1.29, 1.82) is 0 Å². The van der Waals surface area contributed by atoms with Gasteiger partial charge in [-0.15, -0.1) is 0 Å². The summed E-state index contributed by atoms with van der Waals surface area (Å²) in [4.78, 5) is 21.6. The molecule has 4 N–H and O–H groups in total. The van der Waals surface area contributed by atoms with E-state index in [0.29, 0.717) is 12.1 Å². The van der Waals surface area contributed by atoms with Gasteiger partial charge in [0, 0.05) is 22.8 Å². The number of para-hydroxylation sites is 1. The Bertz CT molecular complexity index is 1150. The van der Waals surface area contributed by atoms with Gasteiger partial charge in [0.05, 0.1) is 21.9 Å². The van der Waals surface area contributed by atoms with Gasteiger partial charge in [-0.25, -0.2) is 9.59 Å². The number of rotatable bonds is 2. The van der Waals surface area contributed by atoms with Crippen LogP contribution in [0.3, 0.4) is 0 Å². The molecule has 0 saturated heterocycles. The fourth-order valence-corrected chi connectivity index (χ4v) is 3.69. The summed E-state index contributed by atoms with van der Waals surface area (Å²) in [6, 6.07) is 7.95. The number of alkyl halides is 3. The Kier molecular flexibility index (Phi) is 6.71. The first-order chi connectivity index (χ1) is 15.0. The molecule has 2 aromatic carbocycles. The third kappa shape index (κ3) is 5.17. The summed E-state index contributed by atoms with van der Waals surface area (Å²) in [5, 5.41) is 23.0. The molecule has 0 spiro atoms. The smallest absolute Gasteiger partial charge is 0.413 e. The van der Waals surface area contributed by atoms with Crippen LogP contribution in [0.5, 0.6) is 0 Å². The molecule has 2 aromatic rings. The van der Waals surface area contributed by atoms with E-state index in [0.717, 1.165) is 17.3 Å². The molecule has 2 aliphatic rings. The average Bonchev–Trinajstić information content (AvgIpc) is 2.72. The number of fused-ring (bicyclic) bond motifs is 2. The van der Waals surface area contributed by atoms with Crippen LogP contribution in [-0.4, -0.2) is 40.9 Å². The summed E-state index contributed by atoms with van der Waals surface area (Å²) < 4.78 is 38.5. The second-order valence-corrected chi connectivity index (χ2v) is 7.63. The monoisotopic (exact) mass is 486 g/mol. The summed E-state index contributed by atoms with van der Waals surface area (Å²) in [6.07, 6.45) is -2.12. The number of anilines is 2. The van der Waals surface area contributed by atoms with Gasteiger partial charge in [0.1, 0.15) is 0 Å². The zero-order valence-corrected chi connectivity index (χ0v) is 17.5. The zero-order chi connectivity index (χ0) is 23.6. The maximum atomic E-state index is 12.8. The number of carbonyl (C=O) groups is 2. The SMILES string of the molecule is O=C(O)C1=Cc2cc(Cl)cc(Cl)c2NC1C(F)(F)F.O=C(O)C1=Cc2ccccc2NC1. The highest BCUT2D eigenvalue weighted by molar-refractivity contribution is 6.37. The van der Waals surface area contributed by atoms with E-state index in [9.17, 15) is 22.8 Å². The lowest BCUT2D eigenvalue weighted by atomic mass is 9.97. The van der Waals surface area contributed by atoms with Crippen LogP contribution >= 0.6 is 23.2 Å². The van der Waals surface area contributed by atoms with Crippen molar-refractivity contribution in [2.75, 3.05) is 17.2 Å². The maximum Gasteiger partial charge on any atom is 0.413 e. The molecule has 0 radical (unpaired) electrons. The summed E-state index contributed by atoms with van der Waals surface area (Å²) in [6.45, 7) is 0.395. The Hall–Kier alpha value is -3.17. The van der Waals surface area contributed by atoms with E-state index >= 15 is 0 Å². The van der Waals surface area contributed by atoms with Gasteiger partial charge in [-0.1, -0.05) is 41.4 Å². The molecule has 2 aliphatic heterocycles. The lowest BCUT2D eigenvalue weighted by Crippen LogP contribution is -2.42. The molecule has 168 valence electrons. The Morgan fingerprint density at radius 3 is 2.31 bits per heavy atom. The van der Waals surface area contributed by atoms with E-state index < -0.39 is 29.7 Å². The third-order valence-corrected chi connectivity index (χ3v) is 5.12. The summed E-state index contributed by atoms with van der Waals surface area (Å²) in [7, 11) is 0. The number of nitrogens with one attached hydrogen (secondary N) is 2. The van der Waals surface area contributed by atoms with Crippen LogP contribution in [-0.2, 0) is 9.59 Å². The third-order valence-electron chi connectivity index (χ3n) is 4.60. The van der Waals surface area contributed by atoms with Gasteiger partial charge in [-0.05, 0) is 35.9 Å². The Balaban J connectivity index is 0.000000193. The van der Waals surface area contributed by atoms with Gasteiger partial charge in [-0.3, -0.25) is 0 Å². The van der Waals surface area contributed by atoms with E-state index in [4.69, 9.17) is 33.4 Å². The molecule has 0 aliphatic carbocycles. The summed E-state index contributed by atoms with van der Waals surface area (Å²) in [5.41, 5.74) is 1.74. The number of carboxylic acids is 2. The molecule has 0 aromatic heterocycles. The highest BCUT2D eigenvalue weighted by atomic mass is 35.5. The second kappa shape index (κ2) is 9.13. The fourth-order valence-electron chi connectivity index (χ4n) is 3.13. The molecule has 4 rings (SSSR count). The quantitative estimate of drug-likeness (QED) is 0.453. The van der Waals surface area contributed by atoms with Crippen molar-refractivity contribution in [1.82, 2.24) is 0 Å². The molecule has 32 heavy (non-hydrogen) atoms. The molecule has 1 atom stereocenters. The summed E-state index contributed by atoms with van der Waals surface area (Å²) in [5.74, 6) is -2.52. The van der Waals surface area contributed by atoms with Crippen LogP contribution in [0, 0.1) is 0 Å². The molecule has 0 amide bonds. The minimum atomic E-state index is -4.75.